The first-order valence-electron chi connectivity index (χ1n) is 8.31. The Morgan fingerprint density at radius 3 is 2.68 bits per heavy atom. The van der Waals surface area contributed by atoms with Crippen molar-refractivity contribution in [3.63, 3.8) is 0 Å². The van der Waals surface area contributed by atoms with Crippen molar-refractivity contribution < 1.29 is 18.6 Å². The number of fused-ring (bicyclic) bond motifs is 1. The lowest BCUT2D eigenvalue weighted by Crippen LogP contribution is -2.27. The van der Waals surface area contributed by atoms with Gasteiger partial charge in [0.05, 0.1) is 0 Å². The lowest BCUT2D eigenvalue weighted by atomic mass is 9.87. The highest BCUT2D eigenvalue weighted by Gasteiger charge is 2.19. The molecular formula is C19H21ClFNO3. The van der Waals surface area contributed by atoms with Crippen molar-refractivity contribution >= 4 is 12.4 Å². The van der Waals surface area contributed by atoms with Gasteiger partial charge in [0.1, 0.15) is 18.2 Å². The standard InChI is InChI=1S/C19H20FNO3.ClH/c20-15-1-3-17(13-5-7-21-8-6-13)14(9-15)11-22-16-2-4-18-19(10-16)24-12-23-18;/h1-4,9-10,13,21H,5-8,11-12H2;1H. The Labute approximate surface area is 152 Å². The van der Waals surface area contributed by atoms with Crippen molar-refractivity contribution in [3.8, 4) is 17.2 Å². The van der Waals surface area contributed by atoms with Gasteiger partial charge in [-0.15, -0.1) is 12.4 Å². The third-order valence-corrected chi connectivity index (χ3v) is 4.62. The maximum atomic E-state index is 13.7. The van der Waals surface area contributed by atoms with Crippen molar-refractivity contribution in [1.82, 2.24) is 5.32 Å². The summed E-state index contributed by atoms with van der Waals surface area (Å²) >= 11 is 0. The molecule has 134 valence electrons. The largest absolute Gasteiger partial charge is 0.489 e. The van der Waals surface area contributed by atoms with Crippen LogP contribution < -0.4 is 19.5 Å². The highest BCUT2D eigenvalue weighted by atomic mass is 35.5. The summed E-state index contributed by atoms with van der Waals surface area (Å²) in [6.45, 7) is 2.59. The van der Waals surface area contributed by atoms with Crippen LogP contribution in [0.15, 0.2) is 36.4 Å². The van der Waals surface area contributed by atoms with Gasteiger partial charge in [-0.1, -0.05) is 6.07 Å². The average Bonchev–Trinajstić information content (AvgIpc) is 3.08. The van der Waals surface area contributed by atoms with Gasteiger partial charge in [-0.25, -0.2) is 4.39 Å². The Balaban J connectivity index is 0.00000182. The number of nitrogens with one attached hydrogen (secondary N) is 1. The minimum Gasteiger partial charge on any atom is -0.489 e. The van der Waals surface area contributed by atoms with Gasteiger partial charge in [-0.05, 0) is 67.2 Å². The Morgan fingerprint density at radius 1 is 1.04 bits per heavy atom. The number of piperidine rings is 1. The molecule has 2 aliphatic heterocycles. The molecule has 0 bridgehead atoms. The minimum atomic E-state index is -0.225. The molecule has 1 saturated heterocycles. The van der Waals surface area contributed by atoms with Crippen LogP contribution in [0.3, 0.4) is 0 Å². The van der Waals surface area contributed by atoms with Crippen molar-refractivity contribution in [1.29, 1.82) is 0 Å². The van der Waals surface area contributed by atoms with Crippen LogP contribution in [-0.2, 0) is 6.61 Å². The van der Waals surface area contributed by atoms with E-state index in [4.69, 9.17) is 14.2 Å². The molecule has 0 atom stereocenters. The second-order valence-electron chi connectivity index (χ2n) is 6.17. The highest BCUT2D eigenvalue weighted by molar-refractivity contribution is 5.85. The Morgan fingerprint density at radius 2 is 1.84 bits per heavy atom. The molecule has 2 aliphatic rings. The van der Waals surface area contributed by atoms with Crippen LogP contribution in [0, 0.1) is 5.82 Å². The third kappa shape index (κ3) is 3.99. The number of hydrogen-bond acceptors (Lipinski definition) is 4. The second kappa shape index (κ2) is 7.93. The fraction of sp³-hybridized carbons (Fsp3) is 0.368. The van der Waals surface area contributed by atoms with Crippen LogP contribution in [0.5, 0.6) is 17.2 Å². The molecule has 0 aliphatic carbocycles. The molecule has 0 unspecified atom stereocenters. The summed E-state index contributed by atoms with van der Waals surface area (Å²) in [5.74, 6) is 2.34. The molecule has 2 heterocycles. The van der Waals surface area contributed by atoms with Gasteiger partial charge in [0.15, 0.2) is 11.5 Å². The van der Waals surface area contributed by atoms with Gasteiger partial charge in [0, 0.05) is 6.07 Å². The smallest absolute Gasteiger partial charge is 0.231 e. The first kappa shape index (κ1) is 17.8. The van der Waals surface area contributed by atoms with Crippen molar-refractivity contribution in [2.45, 2.75) is 25.4 Å². The predicted molar refractivity (Wildman–Crippen MR) is 95.4 cm³/mol. The van der Waals surface area contributed by atoms with Gasteiger partial charge < -0.3 is 19.5 Å². The zero-order chi connectivity index (χ0) is 16.4. The van der Waals surface area contributed by atoms with E-state index in [2.05, 4.69) is 5.32 Å². The normalized spacial score (nSPS) is 16.4. The average molecular weight is 366 g/mol. The maximum absolute atomic E-state index is 13.7. The van der Waals surface area contributed by atoms with E-state index in [9.17, 15) is 4.39 Å². The van der Waals surface area contributed by atoms with Crippen LogP contribution in [-0.4, -0.2) is 19.9 Å². The van der Waals surface area contributed by atoms with Gasteiger partial charge in [-0.3, -0.25) is 0 Å². The second-order valence-corrected chi connectivity index (χ2v) is 6.17. The molecule has 4 rings (SSSR count). The van der Waals surface area contributed by atoms with E-state index in [1.54, 1.807) is 12.1 Å². The zero-order valence-corrected chi connectivity index (χ0v) is 14.6. The van der Waals surface area contributed by atoms with E-state index in [1.807, 2.05) is 24.3 Å². The summed E-state index contributed by atoms with van der Waals surface area (Å²) in [5, 5.41) is 3.37. The monoisotopic (exact) mass is 365 g/mol. The van der Waals surface area contributed by atoms with Crippen LogP contribution in [0.1, 0.15) is 29.9 Å². The van der Waals surface area contributed by atoms with E-state index in [0.717, 1.165) is 37.2 Å². The van der Waals surface area contributed by atoms with Gasteiger partial charge in [0.2, 0.25) is 6.79 Å². The topological polar surface area (TPSA) is 39.7 Å². The lowest BCUT2D eigenvalue weighted by molar-refractivity contribution is 0.173. The van der Waals surface area contributed by atoms with Crippen LogP contribution in [0.2, 0.25) is 0 Å². The summed E-state index contributed by atoms with van der Waals surface area (Å²) in [4.78, 5) is 0. The molecule has 0 saturated carbocycles. The summed E-state index contributed by atoms with van der Waals surface area (Å²) in [5.41, 5.74) is 2.11. The summed E-state index contributed by atoms with van der Waals surface area (Å²) in [6.07, 6.45) is 2.14. The number of halogens is 2. The predicted octanol–water partition coefficient (Wildman–Crippen LogP) is 4.02. The molecule has 0 amide bonds. The summed E-state index contributed by atoms with van der Waals surface area (Å²) in [7, 11) is 0. The van der Waals surface area contributed by atoms with Gasteiger partial charge >= 0.3 is 0 Å². The quantitative estimate of drug-likeness (QED) is 0.888. The number of rotatable bonds is 4. The van der Waals surface area contributed by atoms with Crippen LogP contribution in [0.25, 0.3) is 0 Å². The Bertz CT molecular complexity index is 735. The molecule has 0 radical (unpaired) electrons. The number of ether oxygens (including phenoxy) is 3. The third-order valence-electron chi connectivity index (χ3n) is 4.62. The lowest BCUT2D eigenvalue weighted by Gasteiger charge is -2.25. The van der Waals surface area contributed by atoms with Gasteiger partial charge in [-0.2, -0.15) is 0 Å². The molecule has 0 aromatic heterocycles. The van der Waals surface area contributed by atoms with Crippen molar-refractivity contribution in [2.24, 2.45) is 0 Å². The fourth-order valence-corrected chi connectivity index (χ4v) is 3.36. The van der Waals surface area contributed by atoms with E-state index in [1.165, 1.54) is 5.56 Å². The van der Waals surface area contributed by atoms with Crippen molar-refractivity contribution in [3.05, 3.63) is 53.3 Å². The molecule has 6 heteroatoms. The molecule has 2 aromatic rings. The van der Waals surface area contributed by atoms with E-state index in [-0.39, 0.29) is 25.0 Å². The van der Waals surface area contributed by atoms with Gasteiger partial charge in [0.25, 0.3) is 0 Å². The first-order chi connectivity index (χ1) is 11.8. The first-order valence-corrected chi connectivity index (χ1v) is 8.31. The molecule has 4 nitrogen and oxygen atoms in total. The van der Waals surface area contributed by atoms with E-state index >= 15 is 0 Å². The van der Waals surface area contributed by atoms with Crippen LogP contribution in [0.4, 0.5) is 4.39 Å². The SMILES string of the molecule is Cl.Fc1ccc(C2CCNCC2)c(COc2ccc3c(c2)OCO3)c1. The molecule has 25 heavy (non-hydrogen) atoms. The Hall–Kier alpha value is -1.98. The molecule has 1 fully saturated rings. The Kier molecular flexibility index (Phi) is 5.66. The molecule has 0 spiro atoms. The van der Waals surface area contributed by atoms with Crippen molar-refractivity contribution in [2.75, 3.05) is 19.9 Å². The molecule has 1 N–H and O–H groups in total. The minimum absolute atomic E-state index is 0. The maximum Gasteiger partial charge on any atom is 0.231 e. The van der Waals surface area contributed by atoms with E-state index < -0.39 is 0 Å². The fourth-order valence-electron chi connectivity index (χ4n) is 3.36. The summed E-state index contributed by atoms with van der Waals surface area (Å²) in [6, 6.07) is 10.5. The molecule has 2 aromatic carbocycles. The number of hydrogen-bond donors (Lipinski definition) is 1. The zero-order valence-electron chi connectivity index (χ0n) is 13.8. The summed E-state index contributed by atoms with van der Waals surface area (Å²) < 4.78 is 30.3. The highest BCUT2D eigenvalue weighted by Crippen LogP contribution is 2.36. The number of benzene rings is 2. The van der Waals surface area contributed by atoms with E-state index in [0.29, 0.717) is 24.0 Å². The van der Waals surface area contributed by atoms with Crippen LogP contribution >= 0.6 is 12.4 Å². The molecular weight excluding hydrogens is 345 g/mol.